The molecule has 0 aromatic heterocycles. The van der Waals surface area contributed by atoms with E-state index in [-0.39, 0.29) is 0 Å². The maximum atomic E-state index is 5.67. The number of methoxy groups -OCH3 is 1. The van der Waals surface area contributed by atoms with Gasteiger partial charge in [0.2, 0.25) is 0 Å². The average molecular weight is 292 g/mol. The predicted molar refractivity (Wildman–Crippen MR) is 74.0 cm³/mol. The third-order valence-corrected chi connectivity index (χ3v) is 3.36. The van der Waals surface area contributed by atoms with Gasteiger partial charge in [0.15, 0.2) is 0 Å². The van der Waals surface area contributed by atoms with Gasteiger partial charge in [-0.1, -0.05) is 40.2 Å². The van der Waals surface area contributed by atoms with Crippen LogP contribution < -0.4 is 10.5 Å². The highest BCUT2D eigenvalue weighted by atomic mass is 79.9. The Hall–Kier alpha value is -1.32. The normalized spacial score (nSPS) is 10.3. The summed E-state index contributed by atoms with van der Waals surface area (Å²) in [6, 6.07) is 14.1. The van der Waals surface area contributed by atoms with Gasteiger partial charge >= 0.3 is 0 Å². The molecule has 0 fully saturated rings. The van der Waals surface area contributed by atoms with Crippen molar-refractivity contribution in [3.8, 4) is 16.9 Å². The summed E-state index contributed by atoms with van der Waals surface area (Å²) in [4.78, 5) is 0. The number of hydrogen-bond acceptors (Lipinski definition) is 2. The van der Waals surface area contributed by atoms with Gasteiger partial charge in [0, 0.05) is 16.6 Å². The van der Waals surface area contributed by atoms with Crippen molar-refractivity contribution < 1.29 is 4.74 Å². The molecule has 0 spiro atoms. The Kier molecular flexibility index (Phi) is 3.82. The van der Waals surface area contributed by atoms with Crippen LogP contribution in [-0.2, 0) is 6.54 Å². The number of rotatable bonds is 3. The lowest BCUT2D eigenvalue weighted by Gasteiger charge is -2.11. The summed E-state index contributed by atoms with van der Waals surface area (Å²) in [5.74, 6) is 0.863. The zero-order valence-corrected chi connectivity index (χ0v) is 11.2. The molecule has 2 aromatic rings. The first kappa shape index (κ1) is 12.1. The lowest BCUT2D eigenvalue weighted by molar-refractivity contribution is 0.416. The minimum absolute atomic E-state index is 0.537. The predicted octanol–water partition coefficient (Wildman–Crippen LogP) is 3.58. The summed E-state index contributed by atoms with van der Waals surface area (Å²) in [5.41, 5.74) is 8.95. The topological polar surface area (TPSA) is 35.2 Å². The zero-order chi connectivity index (χ0) is 12.3. The van der Waals surface area contributed by atoms with E-state index in [1.165, 1.54) is 0 Å². The molecule has 0 heterocycles. The van der Waals surface area contributed by atoms with E-state index < -0.39 is 0 Å². The Bertz CT molecular complexity index is 525. The van der Waals surface area contributed by atoms with E-state index in [1.54, 1.807) is 7.11 Å². The molecule has 2 aromatic carbocycles. The van der Waals surface area contributed by atoms with Crippen molar-refractivity contribution in [3.05, 3.63) is 52.5 Å². The quantitative estimate of drug-likeness (QED) is 0.938. The lowest BCUT2D eigenvalue weighted by Crippen LogP contribution is -1.97. The van der Waals surface area contributed by atoms with Gasteiger partial charge in [-0.05, 0) is 29.3 Å². The molecule has 0 aliphatic heterocycles. The molecular weight excluding hydrogens is 278 g/mol. The molecule has 2 N–H and O–H groups in total. The maximum absolute atomic E-state index is 5.67. The van der Waals surface area contributed by atoms with Gasteiger partial charge in [-0.2, -0.15) is 0 Å². The fourth-order valence-corrected chi connectivity index (χ4v) is 2.23. The number of para-hydroxylation sites is 1. The van der Waals surface area contributed by atoms with Crippen molar-refractivity contribution in [2.24, 2.45) is 5.73 Å². The van der Waals surface area contributed by atoms with Crippen molar-refractivity contribution >= 4 is 15.9 Å². The molecule has 0 aliphatic rings. The number of nitrogens with two attached hydrogens (primary N) is 1. The van der Waals surface area contributed by atoms with E-state index in [0.29, 0.717) is 6.54 Å². The van der Waals surface area contributed by atoms with Crippen LogP contribution in [0.4, 0.5) is 0 Å². The standard InChI is InChI=1S/C14H14BrNO/c1-17-14-5-3-2-4-11(14)12-8-10(9-16)6-7-13(12)15/h2-8H,9,16H2,1H3. The Balaban J connectivity index is 2.59. The first-order valence-corrected chi connectivity index (χ1v) is 6.17. The van der Waals surface area contributed by atoms with Crippen molar-refractivity contribution in [1.29, 1.82) is 0 Å². The molecule has 0 saturated carbocycles. The van der Waals surface area contributed by atoms with E-state index in [4.69, 9.17) is 10.5 Å². The van der Waals surface area contributed by atoms with Crippen molar-refractivity contribution in [2.45, 2.75) is 6.54 Å². The molecule has 0 atom stereocenters. The molecule has 2 rings (SSSR count). The van der Waals surface area contributed by atoms with Gasteiger partial charge in [-0.3, -0.25) is 0 Å². The smallest absolute Gasteiger partial charge is 0.126 e. The largest absolute Gasteiger partial charge is 0.496 e. The molecule has 0 unspecified atom stereocenters. The molecule has 88 valence electrons. The zero-order valence-electron chi connectivity index (χ0n) is 9.61. The fraction of sp³-hybridized carbons (Fsp3) is 0.143. The van der Waals surface area contributed by atoms with Crippen LogP contribution in [0.2, 0.25) is 0 Å². The van der Waals surface area contributed by atoms with Crippen LogP contribution in [0.3, 0.4) is 0 Å². The first-order valence-electron chi connectivity index (χ1n) is 5.38. The number of benzene rings is 2. The molecule has 0 radical (unpaired) electrons. The minimum atomic E-state index is 0.537. The second-order valence-electron chi connectivity index (χ2n) is 3.72. The van der Waals surface area contributed by atoms with Gasteiger partial charge in [0.25, 0.3) is 0 Å². The Morgan fingerprint density at radius 3 is 2.59 bits per heavy atom. The average Bonchev–Trinajstić information content (AvgIpc) is 2.39. The van der Waals surface area contributed by atoms with Crippen LogP contribution in [0.5, 0.6) is 5.75 Å². The molecule has 0 bridgehead atoms. The van der Waals surface area contributed by atoms with Crippen molar-refractivity contribution in [2.75, 3.05) is 7.11 Å². The molecule has 3 heteroatoms. The molecular formula is C14H14BrNO. The minimum Gasteiger partial charge on any atom is -0.496 e. The monoisotopic (exact) mass is 291 g/mol. The van der Waals surface area contributed by atoms with Crippen molar-refractivity contribution in [1.82, 2.24) is 0 Å². The van der Waals surface area contributed by atoms with Crippen LogP contribution in [0, 0.1) is 0 Å². The SMILES string of the molecule is COc1ccccc1-c1cc(CN)ccc1Br. The summed E-state index contributed by atoms with van der Waals surface area (Å²) < 4.78 is 6.42. The molecule has 0 amide bonds. The number of ether oxygens (including phenoxy) is 1. The molecule has 2 nitrogen and oxygen atoms in total. The summed E-state index contributed by atoms with van der Waals surface area (Å²) in [6.45, 7) is 0.537. The summed E-state index contributed by atoms with van der Waals surface area (Å²) in [5, 5.41) is 0. The Morgan fingerprint density at radius 2 is 1.88 bits per heavy atom. The Morgan fingerprint density at radius 1 is 1.12 bits per heavy atom. The second-order valence-corrected chi connectivity index (χ2v) is 4.57. The maximum Gasteiger partial charge on any atom is 0.126 e. The molecule has 0 saturated heterocycles. The first-order chi connectivity index (χ1) is 8.26. The molecule has 17 heavy (non-hydrogen) atoms. The van der Waals surface area contributed by atoms with Gasteiger partial charge in [0.1, 0.15) is 5.75 Å². The summed E-state index contributed by atoms with van der Waals surface area (Å²) in [7, 11) is 1.68. The van der Waals surface area contributed by atoms with E-state index in [0.717, 1.165) is 26.9 Å². The van der Waals surface area contributed by atoms with Crippen LogP contribution in [0.25, 0.3) is 11.1 Å². The Labute approximate surface area is 110 Å². The van der Waals surface area contributed by atoms with Gasteiger partial charge in [0.05, 0.1) is 7.11 Å². The third-order valence-electron chi connectivity index (χ3n) is 2.66. The van der Waals surface area contributed by atoms with Crippen molar-refractivity contribution in [3.63, 3.8) is 0 Å². The highest BCUT2D eigenvalue weighted by molar-refractivity contribution is 9.10. The molecule has 0 aliphatic carbocycles. The van der Waals surface area contributed by atoms with Crippen LogP contribution in [0.1, 0.15) is 5.56 Å². The van der Waals surface area contributed by atoms with Crippen LogP contribution in [-0.4, -0.2) is 7.11 Å². The number of hydrogen-bond donors (Lipinski definition) is 1. The summed E-state index contributed by atoms with van der Waals surface area (Å²) in [6.07, 6.45) is 0. The van der Waals surface area contributed by atoms with Gasteiger partial charge in [-0.15, -0.1) is 0 Å². The fourth-order valence-electron chi connectivity index (χ4n) is 1.77. The number of halogens is 1. The van der Waals surface area contributed by atoms with E-state index in [1.807, 2.05) is 36.4 Å². The van der Waals surface area contributed by atoms with E-state index in [9.17, 15) is 0 Å². The highest BCUT2D eigenvalue weighted by Gasteiger charge is 2.08. The summed E-state index contributed by atoms with van der Waals surface area (Å²) >= 11 is 3.56. The highest BCUT2D eigenvalue weighted by Crippen LogP contribution is 2.35. The second kappa shape index (κ2) is 5.34. The van der Waals surface area contributed by atoms with Crippen LogP contribution >= 0.6 is 15.9 Å². The van der Waals surface area contributed by atoms with E-state index >= 15 is 0 Å². The third kappa shape index (κ3) is 2.51. The lowest BCUT2D eigenvalue weighted by atomic mass is 10.0. The van der Waals surface area contributed by atoms with Gasteiger partial charge in [-0.25, -0.2) is 0 Å². The van der Waals surface area contributed by atoms with Gasteiger partial charge < -0.3 is 10.5 Å². The van der Waals surface area contributed by atoms with E-state index in [2.05, 4.69) is 22.0 Å². The van der Waals surface area contributed by atoms with Crippen LogP contribution in [0.15, 0.2) is 46.9 Å².